The molecule has 0 saturated carbocycles. The van der Waals surface area contributed by atoms with Gasteiger partial charge in [-0.15, -0.1) is 0 Å². The lowest BCUT2D eigenvalue weighted by molar-refractivity contribution is 0.301. The predicted octanol–water partition coefficient (Wildman–Crippen LogP) is 2.30. The van der Waals surface area contributed by atoms with Crippen molar-refractivity contribution in [2.75, 3.05) is 26.2 Å². The summed E-state index contributed by atoms with van der Waals surface area (Å²) in [4.78, 5) is 2.40. The van der Waals surface area contributed by atoms with Crippen molar-refractivity contribution in [1.29, 1.82) is 0 Å². The van der Waals surface area contributed by atoms with Gasteiger partial charge in [-0.25, -0.2) is 0 Å². The fourth-order valence-electron chi connectivity index (χ4n) is 2.02. The van der Waals surface area contributed by atoms with Crippen molar-refractivity contribution in [3.8, 4) is 0 Å². The summed E-state index contributed by atoms with van der Waals surface area (Å²) in [6.45, 7) is 14.3. The van der Waals surface area contributed by atoms with Gasteiger partial charge in [0.2, 0.25) is 0 Å². The zero-order valence-electron chi connectivity index (χ0n) is 12.0. The molecule has 0 spiro atoms. The van der Waals surface area contributed by atoms with Crippen molar-refractivity contribution < 1.29 is 0 Å². The average molecular weight is 273 g/mol. The SMILES string of the molecule is CCN(CC)CCNCc1c(Cl)c(C)nn1CC. The van der Waals surface area contributed by atoms with Crippen LogP contribution in [-0.4, -0.2) is 40.9 Å². The average Bonchev–Trinajstić information content (AvgIpc) is 2.66. The van der Waals surface area contributed by atoms with E-state index >= 15 is 0 Å². The van der Waals surface area contributed by atoms with Gasteiger partial charge in [-0.2, -0.15) is 5.10 Å². The molecule has 18 heavy (non-hydrogen) atoms. The molecule has 0 aliphatic heterocycles. The van der Waals surface area contributed by atoms with E-state index in [1.54, 1.807) is 0 Å². The van der Waals surface area contributed by atoms with Gasteiger partial charge in [-0.3, -0.25) is 4.68 Å². The Labute approximate surface area is 115 Å². The molecule has 0 unspecified atom stereocenters. The standard InChI is InChI=1S/C13H25ClN4/c1-5-17(6-2)9-8-15-10-12-13(14)11(4)16-18(12)7-3/h15H,5-10H2,1-4H3. The molecular weight excluding hydrogens is 248 g/mol. The lowest BCUT2D eigenvalue weighted by Gasteiger charge is -2.18. The summed E-state index contributed by atoms with van der Waals surface area (Å²) in [6, 6.07) is 0. The van der Waals surface area contributed by atoms with Crippen LogP contribution in [0.1, 0.15) is 32.2 Å². The lowest BCUT2D eigenvalue weighted by atomic mass is 10.3. The molecule has 104 valence electrons. The fraction of sp³-hybridized carbons (Fsp3) is 0.769. The van der Waals surface area contributed by atoms with E-state index in [0.29, 0.717) is 0 Å². The van der Waals surface area contributed by atoms with Gasteiger partial charge in [0, 0.05) is 26.2 Å². The molecule has 0 saturated heterocycles. The number of aromatic nitrogens is 2. The maximum absolute atomic E-state index is 6.25. The maximum Gasteiger partial charge on any atom is 0.0860 e. The summed E-state index contributed by atoms with van der Waals surface area (Å²) >= 11 is 6.25. The third kappa shape index (κ3) is 3.97. The van der Waals surface area contributed by atoms with Crippen LogP contribution in [0.5, 0.6) is 0 Å². The Bertz CT molecular complexity index is 358. The Hall–Kier alpha value is -0.580. The number of likely N-dealkylation sites (N-methyl/N-ethyl adjacent to an activating group) is 1. The van der Waals surface area contributed by atoms with Crippen LogP contribution in [0.3, 0.4) is 0 Å². The number of nitrogens with one attached hydrogen (secondary N) is 1. The Morgan fingerprint density at radius 3 is 2.50 bits per heavy atom. The van der Waals surface area contributed by atoms with Crippen LogP contribution in [-0.2, 0) is 13.1 Å². The molecular formula is C13H25ClN4. The van der Waals surface area contributed by atoms with E-state index in [2.05, 4.69) is 36.1 Å². The third-order valence-electron chi connectivity index (χ3n) is 3.24. The van der Waals surface area contributed by atoms with Crippen LogP contribution in [0, 0.1) is 6.92 Å². The summed E-state index contributed by atoms with van der Waals surface area (Å²) < 4.78 is 1.97. The second kappa shape index (κ2) is 7.77. The molecule has 0 aliphatic carbocycles. The Morgan fingerprint density at radius 1 is 1.28 bits per heavy atom. The van der Waals surface area contributed by atoms with Crippen LogP contribution in [0.25, 0.3) is 0 Å². The molecule has 1 aromatic rings. The van der Waals surface area contributed by atoms with Crippen LogP contribution in [0.15, 0.2) is 0 Å². The first-order valence-electron chi connectivity index (χ1n) is 6.78. The summed E-state index contributed by atoms with van der Waals surface area (Å²) in [7, 11) is 0. The third-order valence-corrected chi connectivity index (χ3v) is 3.74. The molecule has 0 radical (unpaired) electrons. The molecule has 1 rings (SSSR count). The van der Waals surface area contributed by atoms with Gasteiger partial charge in [0.15, 0.2) is 0 Å². The Kier molecular flexibility index (Phi) is 6.68. The molecule has 0 amide bonds. The Balaban J connectivity index is 2.44. The second-order valence-corrected chi connectivity index (χ2v) is 4.74. The van der Waals surface area contributed by atoms with Gasteiger partial charge in [0.1, 0.15) is 0 Å². The minimum absolute atomic E-state index is 0.786. The normalized spacial score (nSPS) is 11.4. The summed E-state index contributed by atoms with van der Waals surface area (Å²) in [5, 5.41) is 8.65. The molecule has 0 fully saturated rings. The molecule has 1 heterocycles. The maximum atomic E-state index is 6.25. The van der Waals surface area contributed by atoms with Crippen molar-refractivity contribution >= 4 is 11.6 Å². The highest BCUT2D eigenvalue weighted by molar-refractivity contribution is 6.31. The van der Waals surface area contributed by atoms with Crippen molar-refractivity contribution in [3.05, 3.63) is 16.4 Å². The van der Waals surface area contributed by atoms with Crippen molar-refractivity contribution in [2.24, 2.45) is 0 Å². The smallest absolute Gasteiger partial charge is 0.0860 e. The highest BCUT2D eigenvalue weighted by Gasteiger charge is 2.11. The van der Waals surface area contributed by atoms with Crippen LogP contribution in [0.4, 0.5) is 0 Å². The highest BCUT2D eigenvalue weighted by atomic mass is 35.5. The first-order chi connectivity index (χ1) is 8.63. The number of nitrogens with zero attached hydrogens (tertiary/aromatic N) is 3. The van der Waals surface area contributed by atoms with Gasteiger partial charge in [0.05, 0.1) is 16.4 Å². The molecule has 5 heteroatoms. The predicted molar refractivity (Wildman–Crippen MR) is 77.1 cm³/mol. The van der Waals surface area contributed by atoms with Crippen molar-refractivity contribution in [1.82, 2.24) is 20.0 Å². The van der Waals surface area contributed by atoms with Crippen LogP contribution < -0.4 is 5.32 Å². The van der Waals surface area contributed by atoms with E-state index in [9.17, 15) is 0 Å². The van der Waals surface area contributed by atoms with Crippen LogP contribution >= 0.6 is 11.6 Å². The lowest BCUT2D eigenvalue weighted by Crippen LogP contribution is -2.32. The van der Waals surface area contributed by atoms with E-state index < -0.39 is 0 Å². The van der Waals surface area contributed by atoms with Crippen molar-refractivity contribution in [2.45, 2.75) is 40.8 Å². The number of aryl methyl sites for hydroxylation is 2. The van der Waals surface area contributed by atoms with Gasteiger partial charge < -0.3 is 10.2 Å². The minimum atomic E-state index is 0.786. The van der Waals surface area contributed by atoms with Gasteiger partial charge in [-0.05, 0) is 26.9 Å². The van der Waals surface area contributed by atoms with Gasteiger partial charge in [0.25, 0.3) is 0 Å². The van der Waals surface area contributed by atoms with E-state index in [-0.39, 0.29) is 0 Å². The van der Waals surface area contributed by atoms with Crippen LogP contribution in [0.2, 0.25) is 5.02 Å². The molecule has 0 atom stereocenters. The molecule has 4 nitrogen and oxygen atoms in total. The second-order valence-electron chi connectivity index (χ2n) is 4.37. The summed E-state index contributed by atoms with van der Waals surface area (Å²) in [5.41, 5.74) is 2.01. The highest BCUT2D eigenvalue weighted by Crippen LogP contribution is 2.19. The first-order valence-corrected chi connectivity index (χ1v) is 7.16. The fourth-order valence-corrected chi connectivity index (χ4v) is 2.22. The number of rotatable bonds is 8. The van der Waals surface area contributed by atoms with Gasteiger partial charge in [-0.1, -0.05) is 25.4 Å². The van der Waals surface area contributed by atoms with E-state index in [1.807, 2.05) is 11.6 Å². The van der Waals surface area contributed by atoms with Crippen molar-refractivity contribution in [3.63, 3.8) is 0 Å². The zero-order valence-corrected chi connectivity index (χ0v) is 12.7. The number of hydrogen-bond donors (Lipinski definition) is 1. The first kappa shape index (κ1) is 15.5. The zero-order chi connectivity index (χ0) is 13.5. The summed E-state index contributed by atoms with van der Waals surface area (Å²) in [6.07, 6.45) is 0. The molecule has 1 N–H and O–H groups in total. The van der Waals surface area contributed by atoms with Gasteiger partial charge >= 0.3 is 0 Å². The summed E-state index contributed by atoms with van der Waals surface area (Å²) in [5.74, 6) is 0. The van der Waals surface area contributed by atoms with E-state index in [0.717, 1.165) is 55.7 Å². The quantitative estimate of drug-likeness (QED) is 0.737. The largest absolute Gasteiger partial charge is 0.310 e. The minimum Gasteiger partial charge on any atom is -0.310 e. The molecule has 0 aromatic carbocycles. The van der Waals surface area contributed by atoms with E-state index in [1.165, 1.54) is 0 Å². The number of halogens is 1. The monoisotopic (exact) mass is 272 g/mol. The molecule has 0 bridgehead atoms. The van der Waals surface area contributed by atoms with E-state index in [4.69, 9.17) is 11.6 Å². The number of hydrogen-bond acceptors (Lipinski definition) is 3. The molecule has 1 aromatic heterocycles. The molecule has 0 aliphatic rings. The Morgan fingerprint density at radius 2 is 1.94 bits per heavy atom. The topological polar surface area (TPSA) is 33.1 Å².